The molecule has 1 amide bonds. The molecule has 110 valence electrons. The van der Waals surface area contributed by atoms with Crippen molar-refractivity contribution >= 4 is 5.91 Å². The Kier molecular flexibility index (Phi) is 2.83. The molecule has 0 aromatic carbocycles. The molecular formula is C15H19N5O. The Hall–Kier alpha value is -2.11. The molecule has 2 aromatic rings. The van der Waals surface area contributed by atoms with Gasteiger partial charge in [0.1, 0.15) is 0 Å². The molecule has 0 spiro atoms. The molecule has 21 heavy (non-hydrogen) atoms. The zero-order chi connectivity index (χ0) is 14.4. The molecule has 1 aliphatic heterocycles. The second kappa shape index (κ2) is 4.72. The third-order valence-corrected chi connectivity index (χ3v) is 4.66. The predicted octanol–water partition coefficient (Wildman–Crippen LogP) is 1.46. The summed E-state index contributed by atoms with van der Waals surface area (Å²) in [6.45, 7) is 3.56. The van der Waals surface area contributed by atoms with Gasteiger partial charge in [-0.2, -0.15) is 5.10 Å². The number of H-pyrrole nitrogens is 2. The number of fused-ring (bicyclic) bond motifs is 2. The summed E-state index contributed by atoms with van der Waals surface area (Å²) in [6, 6.07) is 0. The average molecular weight is 285 g/mol. The second-order valence-electron chi connectivity index (χ2n) is 6.18. The van der Waals surface area contributed by atoms with Crippen LogP contribution in [0, 0.1) is 5.92 Å². The maximum Gasteiger partial charge on any atom is 0.275 e. The molecule has 1 atom stereocenters. The monoisotopic (exact) mass is 285 g/mol. The standard InChI is InChI=1S/C15H19N5O/c1-9-2-3-11-10(6-9)14(19-18-11)15(21)20-5-4-12-13(7-20)17-8-16-12/h8-9H,2-7H2,1H3,(H,16,17)(H,18,19). The summed E-state index contributed by atoms with van der Waals surface area (Å²) in [4.78, 5) is 22.1. The summed E-state index contributed by atoms with van der Waals surface area (Å²) in [7, 11) is 0. The van der Waals surface area contributed by atoms with Gasteiger partial charge >= 0.3 is 0 Å². The van der Waals surface area contributed by atoms with Crippen molar-refractivity contribution in [3.63, 3.8) is 0 Å². The van der Waals surface area contributed by atoms with E-state index in [2.05, 4.69) is 27.1 Å². The number of aromatic amines is 2. The van der Waals surface area contributed by atoms with E-state index in [1.165, 1.54) is 6.42 Å². The number of hydrogen-bond acceptors (Lipinski definition) is 3. The predicted molar refractivity (Wildman–Crippen MR) is 76.8 cm³/mol. The number of aromatic nitrogens is 4. The van der Waals surface area contributed by atoms with Gasteiger partial charge in [-0.15, -0.1) is 0 Å². The van der Waals surface area contributed by atoms with Crippen LogP contribution < -0.4 is 0 Å². The van der Waals surface area contributed by atoms with Crippen LogP contribution in [0.4, 0.5) is 0 Å². The van der Waals surface area contributed by atoms with E-state index in [9.17, 15) is 4.79 Å². The van der Waals surface area contributed by atoms with E-state index in [1.54, 1.807) is 6.33 Å². The Labute approximate surface area is 123 Å². The highest BCUT2D eigenvalue weighted by atomic mass is 16.2. The van der Waals surface area contributed by atoms with Crippen molar-refractivity contribution in [2.24, 2.45) is 5.92 Å². The maximum absolute atomic E-state index is 12.8. The van der Waals surface area contributed by atoms with Crippen molar-refractivity contribution < 1.29 is 4.79 Å². The van der Waals surface area contributed by atoms with Crippen molar-refractivity contribution in [1.29, 1.82) is 0 Å². The van der Waals surface area contributed by atoms with E-state index < -0.39 is 0 Å². The fourth-order valence-electron chi connectivity index (χ4n) is 3.38. The molecule has 1 unspecified atom stereocenters. The van der Waals surface area contributed by atoms with Crippen molar-refractivity contribution in [2.45, 2.75) is 39.2 Å². The Morgan fingerprint density at radius 2 is 2.29 bits per heavy atom. The molecule has 1 aliphatic carbocycles. The van der Waals surface area contributed by atoms with E-state index >= 15 is 0 Å². The zero-order valence-electron chi connectivity index (χ0n) is 12.1. The first-order valence-electron chi connectivity index (χ1n) is 7.59. The van der Waals surface area contributed by atoms with Crippen molar-refractivity contribution in [1.82, 2.24) is 25.1 Å². The van der Waals surface area contributed by atoms with Crippen LogP contribution in [0.25, 0.3) is 0 Å². The van der Waals surface area contributed by atoms with Gasteiger partial charge in [0.25, 0.3) is 5.91 Å². The molecule has 6 nitrogen and oxygen atoms in total. The Bertz CT molecular complexity index is 686. The fourth-order valence-corrected chi connectivity index (χ4v) is 3.38. The summed E-state index contributed by atoms with van der Waals surface area (Å²) in [6.07, 6.45) is 5.64. The number of carbonyl (C=O) groups excluding carboxylic acids is 1. The highest BCUT2D eigenvalue weighted by molar-refractivity contribution is 5.94. The lowest BCUT2D eigenvalue weighted by Gasteiger charge is -2.26. The lowest BCUT2D eigenvalue weighted by molar-refractivity contribution is 0.0724. The third-order valence-electron chi connectivity index (χ3n) is 4.66. The highest BCUT2D eigenvalue weighted by Gasteiger charge is 2.29. The lowest BCUT2D eigenvalue weighted by Crippen LogP contribution is -2.37. The van der Waals surface area contributed by atoms with Gasteiger partial charge in [0.05, 0.1) is 24.3 Å². The van der Waals surface area contributed by atoms with Crippen LogP contribution in [-0.2, 0) is 25.8 Å². The topological polar surface area (TPSA) is 77.7 Å². The number of imidazole rings is 1. The second-order valence-corrected chi connectivity index (χ2v) is 6.18. The van der Waals surface area contributed by atoms with Gasteiger partial charge in [0.2, 0.25) is 0 Å². The van der Waals surface area contributed by atoms with Gasteiger partial charge in [-0.1, -0.05) is 6.92 Å². The minimum absolute atomic E-state index is 0.0434. The number of nitrogens with one attached hydrogen (secondary N) is 2. The van der Waals surface area contributed by atoms with Crippen LogP contribution in [0.1, 0.15) is 46.5 Å². The quantitative estimate of drug-likeness (QED) is 0.832. The molecule has 0 bridgehead atoms. The Balaban J connectivity index is 1.60. The van der Waals surface area contributed by atoms with Gasteiger partial charge in [-0.25, -0.2) is 4.98 Å². The molecule has 3 heterocycles. The molecule has 0 saturated heterocycles. The number of rotatable bonds is 1. The van der Waals surface area contributed by atoms with Crippen LogP contribution >= 0.6 is 0 Å². The molecule has 6 heteroatoms. The molecule has 4 rings (SSSR count). The Morgan fingerprint density at radius 1 is 1.38 bits per heavy atom. The van der Waals surface area contributed by atoms with Crippen LogP contribution in [0.2, 0.25) is 0 Å². The minimum atomic E-state index is 0.0434. The van der Waals surface area contributed by atoms with Gasteiger partial charge in [0.15, 0.2) is 5.69 Å². The SMILES string of the molecule is CC1CCc2[nH]nc(C(=O)N3CCc4nc[nH]c4C3)c2C1. The first-order valence-corrected chi connectivity index (χ1v) is 7.59. The summed E-state index contributed by atoms with van der Waals surface area (Å²) < 4.78 is 0. The highest BCUT2D eigenvalue weighted by Crippen LogP contribution is 2.27. The minimum Gasteiger partial charge on any atom is -0.347 e. The van der Waals surface area contributed by atoms with Crippen LogP contribution in [-0.4, -0.2) is 37.5 Å². The van der Waals surface area contributed by atoms with Crippen LogP contribution in [0.3, 0.4) is 0 Å². The van der Waals surface area contributed by atoms with Gasteiger partial charge in [-0.3, -0.25) is 9.89 Å². The molecular weight excluding hydrogens is 266 g/mol. The number of aryl methyl sites for hydroxylation is 1. The smallest absolute Gasteiger partial charge is 0.275 e. The van der Waals surface area contributed by atoms with Gasteiger partial charge in [0, 0.05) is 24.2 Å². The van der Waals surface area contributed by atoms with Gasteiger partial charge < -0.3 is 9.88 Å². The number of nitrogens with zero attached hydrogens (tertiary/aromatic N) is 3. The van der Waals surface area contributed by atoms with E-state index in [4.69, 9.17) is 0 Å². The van der Waals surface area contributed by atoms with Crippen LogP contribution in [0.5, 0.6) is 0 Å². The third kappa shape index (κ3) is 2.05. The lowest BCUT2D eigenvalue weighted by atomic mass is 9.87. The molecule has 0 saturated carbocycles. The maximum atomic E-state index is 12.8. The normalized spacial score (nSPS) is 21.0. The first kappa shape index (κ1) is 12.6. The molecule has 2 aromatic heterocycles. The van der Waals surface area contributed by atoms with Crippen LogP contribution in [0.15, 0.2) is 6.33 Å². The van der Waals surface area contributed by atoms with E-state index in [-0.39, 0.29) is 5.91 Å². The summed E-state index contributed by atoms with van der Waals surface area (Å²) in [5.74, 6) is 0.670. The van der Waals surface area contributed by atoms with E-state index in [0.29, 0.717) is 24.7 Å². The average Bonchev–Trinajstić information content (AvgIpc) is 3.11. The Morgan fingerprint density at radius 3 is 3.19 bits per heavy atom. The van der Waals surface area contributed by atoms with E-state index in [0.717, 1.165) is 41.9 Å². The van der Waals surface area contributed by atoms with Gasteiger partial charge in [-0.05, 0) is 25.2 Å². The summed E-state index contributed by atoms with van der Waals surface area (Å²) in [5, 5.41) is 7.37. The molecule has 2 N–H and O–H groups in total. The number of amides is 1. The molecule has 0 fully saturated rings. The summed E-state index contributed by atoms with van der Waals surface area (Å²) in [5.41, 5.74) is 5.04. The van der Waals surface area contributed by atoms with Crippen molar-refractivity contribution in [2.75, 3.05) is 6.54 Å². The summed E-state index contributed by atoms with van der Waals surface area (Å²) >= 11 is 0. The fraction of sp³-hybridized carbons (Fsp3) is 0.533. The van der Waals surface area contributed by atoms with Crippen molar-refractivity contribution in [3.05, 3.63) is 34.7 Å². The van der Waals surface area contributed by atoms with E-state index in [1.807, 2.05) is 4.90 Å². The largest absolute Gasteiger partial charge is 0.347 e. The molecule has 0 radical (unpaired) electrons. The zero-order valence-corrected chi connectivity index (χ0v) is 12.1. The number of hydrogen-bond donors (Lipinski definition) is 2. The molecule has 2 aliphatic rings. The van der Waals surface area contributed by atoms with Crippen molar-refractivity contribution in [3.8, 4) is 0 Å². The number of carbonyl (C=O) groups is 1. The first-order chi connectivity index (χ1) is 10.2.